The third-order valence-corrected chi connectivity index (χ3v) is 5.87. The van der Waals surface area contributed by atoms with Gasteiger partial charge in [0, 0.05) is 24.2 Å². The van der Waals surface area contributed by atoms with Crippen LogP contribution in [0.25, 0.3) is 5.69 Å². The van der Waals surface area contributed by atoms with E-state index in [1.54, 1.807) is 7.11 Å². The van der Waals surface area contributed by atoms with Crippen LogP contribution >= 0.6 is 0 Å². The SMILES string of the molecule is COc1ccc(-n2nc(C(=O)CCN3CCCCC3)c3c2CCCC3)cc1. The van der Waals surface area contributed by atoms with E-state index in [2.05, 4.69) is 4.90 Å². The molecule has 1 aliphatic heterocycles. The van der Waals surface area contributed by atoms with Crippen molar-refractivity contribution in [1.29, 1.82) is 0 Å². The predicted molar refractivity (Wildman–Crippen MR) is 106 cm³/mol. The van der Waals surface area contributed by atoms with Crippen LogP contribution in [0.2, 0.25) is 0 Å². The number of hydrogen-bond acceptors (Lipinski definition) is 4. The summed E-state index contributed by atoms with van der Waals surface area (Å²) in [6.45, 7) is 3.13. The minimum absolute atomic E-state index is 0.200. The van der Waals surface area contributed by atoms with Crippen LogP contribution in [0.5, 0.6) is 5.75 Å². The summed E-state index contributed by atoms with van der Waals surface area (Å²) in [7, 11) is 1.67. The molecule has 0 radical (unpaired) electrons. The van der Waals surface area contributed by atoms with Gasteiger partial charge >= 0.3 is 0 Å². The average Bonchev–Trinajstić information content (AvgIpc) is 3.13. The van der Waals surface area contributed by atoms with Crippen LogP contribution in [-0.4, -0.2) is 47.2 Å². The van der Waals surface area contributed by atoms with Crippen LogP contribution in [0.4, 0.5) is 0 Å². The van der Waals surface area contributed by atoms with Gasteiger partial charge in [-0.3, -0.25) is 4.79 Å². The Morgan fingerprint density at radius 2 is 1.78 bits per heavy atom. The number of piperidine rings is 1. The number of benzene rings is 1. The number of aromatic nitrogens is 2. The Kier molecular flexibility index (Phi) is 5.58. The van der Waals surface area contributed by atoms with Crippen molar-refractivity contribution in [2.75, 3.05) is 26.7 Å². The van der Waals surface area contributed by atoms with Gasteiger partial charge in [-0.15, -0.1) is 0 Å². The largest absolute Gasteiger partial charge is 0.497 e. The van der Waals surface area contributed by atoms with Crippen LogP contribution in [0, 0.1) is 0 Å². The third kappa shape index (κ3) is 3.93. The molecule has 0 saturated carbocycles. The zero-order chi connectivity index (χ0) is 18.6. The van der Waals surface area contributed by atoms with Crippen LogP contribution in [-0.2, 0) is 12.8 Å². The fourth-order valence-electron chi connectivity index (χ4n) is 4.32. The first-order valence-electron chi connectivity index (χ1n) is 10.3. The van der Waals surface area contributed by atoms with Crippen LogP contribution in [0.3, 0.4) is 0 Å². The van der Waals surface area contributed by atoms with E-state index in [-0.39, 0.29) is 5.78 Å². The van der Waals surface area contributed by atoms with E-state index in [4.69, 9.17) is 9.84 Å². The molecule has 1 fully saturated rings. The first-order chi connectivity index (χ1) is 13.3. The lowest BCUT2D eigenvalue weighted by Gasteiger charge is -2.25. The van der Waals surface area contributed by atoms with Crippen molar-refractivity contribution in [3.8, 4) is 11.4 Å². The fourth-order valence-corrected chi connectivity index (χ4v) is 4.32. The Bertz CT molecular complexity index is 789. The third-order valence-electron chi connectivity index (χ3n) is 5.87. The lowest BCUT2D eigenvalue weighted by atomic mass is 9.94. The molecule has 0 bridgehead atoms. The summed E-state index contributed by atoms with van der Waals surface area (Å²) in [6, 6.07) is 7.93. The number of hydrogen-bond donors (Lipinski definition) is 0. The number of carbonyl (C=O) groups excluding carboxylic acids is 1. The predicted octanol–water partition coefficient (Wildman–Crippen LogP) is 3.82. The van der Waals surface area contributed by atoms with Gasteiger partial charge < -0.3 is 9.64 Å². The Balaban J connectivity index is 1.56. The molecule has 144 valence electrons. The van der Waals surface area contributed by atoms with Crippen molar-refractivity contribution in [3.05, 3.63) is 41.2 Å². The molecule has 4 rings (SSSR count). The van der Waals surface area contributed by atoms with Gasteiger partial charge in [-0.05, 0) is 75.9 Å². The fraction of sp³-hybridized carbons (Fsp3) is 0.545. The molecule has 1 aromatic carbocycles. The van der Waals surface area contributed by atoms with E-state index < -0.39 is 0 Å². The molecule has 27 heavy (non-hydrogen) atoms. The lowest BCUT2D eigenvalue weighted by molar-refractivity contribution is 0.0952. The van der Waals surface area contributed by atoms with Gasteiger partial charge in [0.1, 0.15) is 11.4 Å². The summed E-state index contributed by atoms with van der Waals surface area (Å²) >= 11 is 0. The van der Waals surface area contributed by atoms with E-state index in [1.165, 1.54) is 30.5 Å². The summed E-state index contributed by atoms with van der Waals surface area (Å²) < 4.78 is 7.25. The number of rotatable bonds is 6. The molecule has 1 aliphatic carbocycles. The van der Waals surface area contributed by atoms with Gasteiger partial charge in [-0.2, -0.15) is 5.10 Å². The van der Waals surface area contributed by atoms with E-state index >= 15 is 0 Å². The van der Waals surface area contributed by atoms with E-state index in [1.807, 2.05) is 28.9 Å². The zero-order valence-electron chi connectivity index (χ0n) is 16.2. The number of fused-ring (bicyclic) bond motifs is 1. The minimum atomic E-state index is 0.200. The van der Waals surface area contributed by atoms with Gasteiger partial charge in [0.15, 0.2) is 5.78 Å². The highest BCUT2D eigenvalue weighted by Crippen LogP contribution is 2.28. The van der Waals surface area contributed by atoms with Crippen molar-refractivity contribution in [2.45, 2.75) is 51.4 Å². The Hall–Kier alpha value is -2.14. The maximum absolute atomic E-state index is 13.0. The van der Waals surface area contributed by atoms with Crippen LogP contribution in [0.15, 0.2) is 24.3 Å². The van der Waals surface area contributed by atoms with Crippen molar-refractivity contribution in [1.82, 2.24) is 14.7 Å². The molecule has 5 nitrogen and oxygen atoms in total. The van der Waals surface area contributed by atoms with Crippen molar-refractivity contribution < 1.29 is 9.53 Å². The molecule has 1 saturated heterocycles. The zero-order valence-corrected chi connectivity index (χ0v) is 16.2. The van der Waals surface area contributed by atoms with Crippen LogP contribution < -0.4 is 4.74 Å². The topological polar surface area (TPSA) is 47.4 Å². The van der Waals surface area contributed by atoms with E-state index in [9.17, 15) is 4.79 Å². The second-order valence-corrected chi connectivity index (χ2v) is 7.67. The molecular weight excluding hydrogens is 338 g/mol. The lowest BCUT2D eigenvalue weighted by Crippen LogP contribution is -2.31. The molecule has 1 aromatic heterocycles. The molecule has 5 heteroatoms. The molecule has 0 unspecified atom stereocenters. The average molecular weight is 367 g/mol. The molecule has 2 aliphatic rings. The highest BCUT2D eigenvalue weighted by atomic mass is 16.5. The van der Waals surface area contributed by atoms with Crippen molar-refractivity contribution in [2.24, 2.45) is 0 Å². The second-order valence-electron chi connectivity index (χ2n) is 7.67. The standard InChI is InChI=1S/C22H29N3O2/c1-27-18-11-9-17(10-12-18)25-20-8-4-3-7-19(20)22(23-25)21(26)13-16-24-14-5-2-6-15-24/h9-12H,2-8,13-16H2,1H3. The summed E-state index contributed by atoms with van der Waals surface area (Å²) in [6.07, 6.45) is 8.69. The number of nitrogens with zero attached hydrogens (tertiary/aromatic N) is 3. The molecule has 2 heterocycles. The summed E-state index contributed by atoms with van der Waals surface area (Å²) in [4.78, 5) is 15.4. The van der Waals surface area contributed by atoms with Crippen molar-refractivity contribution >= 4 is 5.78 Å². The highest BCUT2D eigenvalue weighted by molar-refractivity contribution is 5.96. The Labute approximate surface area is 161 Å². The van der Waals surface area contributed by atoms with Gasteiger partial charge in [0.25, 0.3) is 0 Å². The maximum atomic E-state index is 13.0. The first-order valence-corrected chi connectivity index (χ1v) is 10.3. The normalized spacial score (nSPS) is 17.5. The number of likely N-dealkylation sites (tertiary alicyclic amines) is 1. The molecule has 0 N–H and O–H groups in total. The quantitative estimate of drug-likeness (QED) is 0.728. The number of ketones is 1. The van der Waals surface area contributed by atoms with Gasteiger partial charge in [0.2, 0.25) is 0 Å². The molecule has 0 spiro atoms. The first kappa shape index (κ1) is 18.2. The van der Waals surface area contributed by atoms with Gasteiger partial charge in [0.05, 0.1) is 12.8 Å². The molecule has 0 atom stereocenters. The van der Waals surface area contributed by atoms with Gasteiger partial charge in [-0.1, -0.05) is 6.42 Å². The molecule has 2 aromatic rings. The van der Waals surface area contributed by atoms with E-state index in [0.717, 1.165) is 56.8 Å². The second kappa shape index (κ2) is 8.26. The summed E-state index contributed by atoms with van der Waals surface area (Å²) in [5, 5.41) is 4.79. The van der Waals surface area contributed by atoms with Gasteiger partial charge in [-0.25, -0.2) is 4.68 Å². The smallest absolute Gasteiger partial charge is 0.184 e. The van der Waals surface area contributed by atoms with E-state index in [0.29, 0.717) is 12.1 Å². The van der Waals surface area contributed by atoms with Crippen molar-refractivity contribution in [3.63, 3.8) is 0 Å². The Morgan fingerprint density at radius 3 is 2.52 bits per heavy atom. The number of methoxy groups -OCH3 is 1. The van der Waals surface area contributed by atoms with Crippen LogP contribution in [0.1, 0.15) is 60.3 Å². The maximum Gasteiger partial charge on any atom is 0.184 e. The highest BCUT2D eigenvalue weighted by Gasteiger charge is 2.25. The number of Topliss-reactive ketones (excluding diaryl/α,β-unsaturated/α-hetero) is 1. The summed E-state index contributed by atoms with van der Waals surface area (Å²) in [5.41, 5.74) is 4.11. The minimum Gasteiger partial charge on any atom is -0.497 e. The summed E-state index contributed by atoms with van der Waals surface area (Å²) in [5.74, 6) is 1.03. The molecular formula is C22H29N3O2. The monoisotopic (exact) mass is 367 g/mol. The molecule has 0 amide bonds. The Morgan fingerprint density at radius 1 is 1.04 bits per heavy atom. The number of ether oxygens (including phenoxy) is 1. The number of carbonyl (C=O) groups is 1.